The van der Waals surface area contributed by atoms with Crippen LogP contribution in [0.2, 0.25) is 0 Å². The summed E-state index contributed by atoms with van der Waals surface area (Å²) in [6, 6.07) is 0. The molecule has 0 nitrogen and oxygen atoms in total. The van der Waals surface area contributed by atoms with Gasteiger partial charge in [0.05, 0.1) is 0 Å². The van der Waals surface area contributed by atoms with Crippen molar-refractivity contribution in [1.29, 1.82) is 0 Å². The van der Waals surface area contributed by atoms with Crippen molar-refractivity contribution in [3.05, 3.63) is 58.7 Å². The fourth-order valence-electron chi connectivity index (χ4n) is 4.04. The molecular weight excluding hydrogens is 316 g/mol. The van der Waals surface area contributed by atoms with Gasteiger partial charge in [-0.25, -0.2) is 17.6 Å². The Labute approximate surface area is 140 Å². The highest BCUT2D eigenvalue weighted by atomic mass is 19.2. The summed E-state index contributed by atoms with van der Waals surface area (Å²) in [6.07, 6.45) is 11.1. The maximum atomic E-state index is 14.4. The molecule has 1 fully saturated rings. The highest BCUT2D eigenvalue weighted by Gasteiger charge is 2.36. The molecule has 2 aliphatic carbocycles. The summed E-state index contributed by atoms with van der Waals surface area (Å²) in [5, 5.41) is 0. The van der Waals surface area contributed by atoms with Crippen LogP contribution in [0.5, 0.6) is 0 Å². The summed E-state index contributed by atoms with van der Waals surface area (Å²) in [5.41, 5.74) is -0.890. The van der Waals surface area contributed by atoms with Gasteiger partial charge in [0.25, 0.3) is 0 Å². The average Bonchev–Trinajstić information content (AvgIpc) is 3.00. The number of unbranched alkanes of at least 4 members (excludes halogenated alkanes) is 1. The summed E-state index contributed by atoms with van der Waals surface area (Å²) in [6.45, 7) is 1.86. The smallest absolute Gasteiger partial charge is 0.165 e. The zero-order chi connectivity index (χ0) is 17.3. The van der Waals surface area contributed by atoms with Gasteiger partial charge in [-0.2, -0.15) is 0 Å². The molecule has 0 saturated heterocycles. The van der Waals surface area contributed by atoms with Gasteiger partial charge in [0.15, 0.2) is 23.3 Å². The largest absolute Gasteiger partial charge is 0.203 e. The topological polar surface area (TPSA) is 0 Å². The molecule has 4 heteroatoms. The number of allylic oxidation sites excluding steroid dienone is 4. The molecule has 0 heterocycles. The highest BCUT2D eigenvalue weighted by Crippen LogP contribution is 2.43. The van der Waals surface area contributed by atoms with Crippen molar-refractivity contribution in [2.45, 2.75) is 45.4 Å². The van der Waals surface area contributed by atoms with Crippen LogP contribution in [0.15, 0.2) is 24.3 Å². The van der Waals surface area contributed by atoms with Crippen LogP contribution < -0.4 is 0 Å². The maximum Gasteiger partial charge on any atom is 0.165 e. The molecule has 0 N–H and O–H groups in total. The Kier molecular flexibility index (Phi) is 5.12. The Morgan fingerprint density at radius 2 is 1.50 bits per heavy atom. The Bertz CT molecular complexity index is 646. The fourth-order valence-corrected chi connectivity index (χ4v) is 4.04. The molecule has 1 unspecified atom stereocenters. The maximum absolute atomic E-state index is 14.4. The SMILES string of the molecule is CCCCc1c(F)c(F)c(C[C@H]2CCC3C=CC=C[C@H]32)c(F)c1F. The number of fused-ring (bicyclic) bond motifs is 1. The molecule has 0 spiro atoms. The van der Waals surface area contributed by atoms with Crippen LogP contribution in [0.3, 0.4) is 0 Å². The Hall–Kier alpha value is -1.58. The Morgan fingerprint density at radius 1 is 0.875 bits per heavy atom. The minimum Gasteiger partial charge on any atom is -0.203 e. The van der Waals surface area contributed by atoms with E-state index in [-0.39, 0.29) is 24.7 Å². The van der Waals surface area contributed by atoms with Crippen molar-refractivity contribution in [2.24, 2.45) is 17.8 Å². The first-order chi connectivity index (χ1) is 11.5. The van der Waals surface area contributed by atoms with Crippen molar-refractivity contribution < 1.29 is 17.6 Å². The van der Waals surface area contributed by atoms with Gasteiger partial charge in [-0.05, 0) is 49.9 Å². The zero-order valence-electron chi connectivity index (χ0n) is 13.8. The van der Waals surface area contributed by atoms with Gasteiger partial charge in [-0.15, -0.1) is 0 Å². The number of hydrogen-bond acceptors (Lipinski definition) is 0. The predicted octanol–water partition coefficient (Wildman–Crippen LogP) is 5.90. The Morgan fingerprint density at radius 3 is 2.17 bits per heavy atom. The van der Waals surface area contributed by atoms with E-state index in [0.29, 0.717) is 18.8 Å². The normalized spacial score (nSPS) is 25.3. The van der Waals surface area contributed by atoms with E-state index in [9.17, 15) is 17.6 Å². The van der Waals surface area contributed by atoms with Crippen LogP contribution in [-0.2, 0) is 12.8 Å². The van der Waals surface area contributed by atoms with Crippen molar-refractivity contribution in [3.63, 3.8) is 0 Å². The second kappa shape index (κ2) is 7.12. The first-order valence-electron chi connectivity index (χ1n) is 8.73. The summed E-state index contributed by atoms with van der Waals surface area (Å²) in [5.74, 6) is -4.28. The summed E-state index contributed by atoms with van der Waals surface area (Å²) < 4.78 is 57.2. The predicted molar refractivity (Wildman–Crippen MR) is 86.6 cm³/mol. The summed E-state index contributed by atoms with van der Waals surface area (Å²) >= 11 is 0. The van der Waals surface area contributed by atoms with Gasteiger partial charge in [0, 0.05) is 11.1 Å². The molecule has 0 aliphatic heterocycles. The summed E-state index contributed by atoms with van der Waals surface area (Å²) in [4.78, 5) is 0. The van der Waals surface area contributed by atoms with Gasteiger partial charge in [0.1, 0.15) is 0 Å². The van der Waals surface area contributed by atoms with E-state index < -0.39 is 34.4 Å². The highest BCUT2D eigenvalue weighted by molar-refractivity contribution is 5.31. The van der Waals surface area contributed by atoms with Crippen LogP contribution in [0.25, 0.3) is 0 Å². The van der Waals surface area contributed by atoms with Crippen LogP contribution in [0.4, 0.5) is 17.6 Å². The molecule has 0 amide bonds. The lowest BCUT2D eigenvalue weighted by Gasteiger charge is -2.22. The Balaban J connectivity index is 1.89. The standard InChI is InChI=1S/C20H22F4/c1-2-3-7-15-17(21)19(23)16(20(24)18(15)22)11-13-10-9-12-6-4-5-8-14(12)13/h4-6,8,12-14H,2-3,7,9-11H2,1H3/t12?,13-,14-/m1/s1. The molecule has 1 aromatic carbocycles. The van der Waals surface area contributed by atoms with E-state index in [1.54, 1.807) is 0 Å². The minimum absolute atomic E-state index is 0.0143. The third-order valence-corrected chi connectivity index (χ3v) is 5.40. The minimum atomic E-state index is -1.22. The molecule has 3 atom stereocenters. The molecule has 0 aromatic heterocycles. The van der Waals surface area contributed by atoms with Crippen LogP contribution in [0.1, 0.15) is 43.7 Å². The lowest BCUT2D eigenvalue weighted by atomic mass is 9.83. The van der Waals surface area contributed by atoms with E-state index in [0.717, 1.165) is 12.8 Å². The van der Waals surface area contributed by atoms with E-state index >= 15 is 0 Å². The van der Waals surface area contributed by atoms with Gasteiger partial charge in [0.2, 0.25) is 0 Å². The lowest BCUT2D eigenvalue weighted by Crippen LogP contribution is -2.18. The van der Waals surface area contributed by atoms with Crippen molar-refractivity contribution in [3.8, 4) is 0 Å². The molecular formula is C20H22F4. The van der Waals surface area contributed by atoms with E-state index in [1.165, 1.54) is 0 Å². The van der Waals surface area contributed by atoms with Gasteiger partial charge < -0.3 is 0 Å². The van der Waals surface area contributed by atoms with Crippen molar-refractivity contribution >= 4 is 0 Å². The second-order valence-electron chi connectivity index (χ2n) is 6.87. The number of benzene rings is 1. The van der Waals surface area contributed by atoms with E-state index in [1.807, 2.05) is 25.2 Å². The lowest BCUT2D eigenvalue weighted by molar-refractivity contribution is 0.379. The molecule has 0 bridgehead atoms. The van der Waals surface area contributed by atoms with Crippen LogP contribution in [-0.4, -0.2) is 0 Å². The first kappa shape index (κ1) is 17.2. The fraction of sp³-hybridized carbons (Fsp3) is 0.500. The first-order valence-corrected chi connectivity index (χ1v) is 8.73. The monoisotopic (exact) mass is 338 g/mol. The molecule has 2 aliphatic rings. The third kappa shape index (κ3) is 3.03. The van der Waals surface area contributed by atoms with Gasteiger partial charge >= 0.3 is 0 Å². The van der Waals surface area contributed by atoms with Crippen LogP contribution >= 0.6 is 0 Å². The third-order valence-electron chi connectivity index (χ3n) is 5.40. The number of hydrogen-bond donors (Lipinski definition) is 0. The number of rotatable bonds is 5. The molecule has 1 saturated carbocycles. The molecule has 3 rings (SSSR count). The zero-order valence-corrected chi connectivity index (χ0v) is 13.8. The number of halogens is 4. The quantitative estimate of drug-likeness (QED) is 0.463. The average molecular weight is 338 g/mol. The molecule has 0 radical (unpaired) electrons. The van der Waals surface area contributed by atoms with Crippen molar-refractivity contribution in [2.75, 3.05) is 0 Å². The van der Waals surface area contributed by atoms with E-state index in [4.69, 9.17) is 0 Å². The van der Waals surface area contributed by atoms with Gasteiger partial charge in [-0.3, -0.25) is 0 Å². The summed E-state index contributed by atoms with van der Waals surface area (Å²) in [7, 11) is 0. The molecule has 130 valence electrons. The molecule has 24 heavy (non-hydrogen) atoms. The van der Waals surface area contributed by atoms with Gasteiger partial charge in [-0.1, -0.05) is 37.6 Å². The second-order valence-corrected chi connectivity index (χ2v) is 6.87. The van der Waals surface area contributed by atoms with Crippen molar-refractivity contribution in [1.82, 2.24) is 0 Å². The van der Waals surface area contributed by atoms with E-state index in [2.05, 4.69) is 6.08 Å². The molecule has 1 aromatic rings. The van der Waals surface area contributed by atoms with Crippen LogP contribution in [0, 0.1) is 41.0 Å².